The summed E-state index contributed by atoms with van der Waals surface area (Å²) >= 11 is 0. The van der Waals surface area contributed by atoms with E-state index in [1.165, 1.54) is 62.5 Å². The van der Waals surface area contributed by atoms with Gasteiger partial charge in [0.1, 0.15) is 0 Å². The van der Waals surface area contributed by atoms with E-state index in [0.717, 1.165) is 0 Å². The van der Waals surface area contributed by atoms with Gasteiger partial charge in [0, 0.05) is 0 Å². The first kappa shape index (κ1) is 13.3. The predicted molar refractivity (Wildman–Crippen MR) is 73.6 cm³/mol. The largest absolute Gasteiger partial charge is 0.0999 e. The van der Waals surface area contributed by atoms with Crippen molar-refractivity contribution < 1.29 is 0 Å². The van der Waals surface area contributed by atoms with E-state index in [1.807, 2.05) is 0 Å². The lowest BCUT2D eigenvalue weighted by Crippen LogP contribution is -1.87. The molecule has 16 heavy (non-hydrogen) atoms. The Balaban J connectivity index is 2.07. The molecule has 0 bridgehead atoms. The average molecular weight is 218 g/mol. The zero-order chi connectivity index (χ0) is 11.8. The maximum atomic E-state index is 4.18. The van der Waals surface area contributed by atoms with Gasteiger partial charge in [0.2, 0.25) is 0 Å². The minimum Gasteiger partial charge on any atom is -0.0999 e. The highest BCUT2D eigenvalue weighted by molar-refractivity contribution is 5.31. The van der Waals surface area contributed by atoms with Crippen LogP contribution in [0.25, 0.3) is 0 Å². The molecule has 1 aliphatic rings. The summed E-state index contributed by atoms with van der Waals surface area (Å²) in [6, 6.07) is 0. The molecule has 90 valence electrons. The molecule has 0 N–H and O–H groups in total. The predicted octanol–water partition coefficient (Wildman–Crippen LogP) is 5.57. The van der Waals surface area contributed by atoms with Crippen LogP contribution in [-0.4, -0.2) is 0 Å². The number of hydrogen-bond acceptors (Lipinski definition) is 0. The molecule has 0 fully saturated rings. The molecule has 0 nitrogen and oxygen atoms in total. The van der Waals surface area contributed by atoms with E-state index in [9.17, 15) is 0 Å². The normalized spacial score (nSPS) is 14.9. The fourth-order valence-corrected chi connectivity index (χ4v) is 2.26. The van der Waals surface area contributed by atoms with Crippen LogP contribution < -0.4 is 0 Å². The van der Waals surface area contributed by atoms with E-state index < -0.39 is 0 Å². The molecule has 0 saturated heterocycles. The fourth-order valence-electron chi connectivity index (χ4n) is 2.26. The summed E-state index contributed by atoms with van der Waals surface area (Å²) in [6.07, 6.45) is 14.7. The van der Waals surface area contributed by atoms with Gasteiger partial charge in [-0.1, -0.05) is 55.2 Å². The Bertz CT molecular complexity index is 278. The third-order valence-electron chi connectivity index (χ3n) is 3.43. The Morgan fingerprint density at radius 3 is 2.62 bits per heavy atom. The molecule has 0 atom stereocenters. The highest BCUT2D eigenvalue weighted by atomic mass is 14.1. The number of unbranched alkanes of at least 4 members (excludes halogenated alkanes) is 2. The fraction of sp³-hybridized carbons (Fsp3) is 0.625. The van der Waals surface area contributed by atoms with Crippen LogP contribution in [-0.2, 0) is 0 Å². The molecule has 0 aromatic heterocycles. The number of rotatable bonds is 8. The van der Waals surface area contributed by atoms with Gasteiger partial charge in [-0.3, -0.25) is 0 Å². The minimum atomic E-state index is 1.19. The van der Waals surface area contributed by atoms with Gasteiger partial charge in [0.05, 0.1) is 0 Å². The first-order chi connectivity index (χ1) is 7.74. The summed E-state index contributed by atoms with van der Waals surface area (Å²) in [5.41, 5.74) is 4.59. The molecular formula is C16H26. The molecule has 1 aliphatic carbocycles. The second-order valence-corrected chi connectivity index (χ2v) is 4.95. The zero-order valence-corrected chi connectivity index (χ0v) is 11.0. The van der Waals surface area contributed by atoms with Crippen molar-refractivity contribution in [2.75, 3.05) is 0 Å². The van der Waals surface area contributed by atoms with Crippen molar-refractivity contribution in [3.05, 3.63) is 35.5 Å². The standard InChI is InChI=1S/C16H26/c1-4-5-6-9-14(2)10-7-12-16-13-8-11-15(16)3/h8,11H,2,4-7,9-10,12-13H2,1,3H3. The molecule has 0 amide bonds. The van der Waals surface area contributed by atoms with Crippen LogP contribution in [0.2, 0.25) is 0 Å². The Labute approximate surface area is 101 Å². The highest BCUT2D eigenvalue weighted by Crippen LogP contribution is 2.24. The van der Waals surface area contributed by atoms with Gasteiger partial charge in [0.25, 0.3) is 0 Å². The second-order valence-electron chi connectivity index (χ2n) is 4.95. The van der Waals surface area contributed by atoms with Crippen molar-refractivity contribution >= 4 is 0 Å². The second kappa shape index (κ2) is 7.49. The maximum Gasteiger partial charge on any atom is -0.0130 e. The summed E-state index contributed by atoms with van der Waals surface area (Å²) in [5, 5.41) is 0. The minimum absolute atomic E-state index is 1.19. The molecular weight excluding hydrogens is 192 g/mol. The molecule has 0 spiro atoms. The van der Waals surface area contributed by atoms with E-state index in [4.69, 9.17) is 0 Å². The van der Waals surface area contributed by atoms with Crippen LogP contribution >= 0.6 is 0 Å². The molecule has 0 heterocycles. The highest BCUT2D eigenvalue weighted by Gasteiger charge is 2.05. The molecule has 0 unspecified atom stereocenters. The smallest absolute Gasteiger partial charge is 0.0130 e. The molecule has 0 radical (unpaired) electrons. The van der Waals surface area contributed by atoms with E-state index in [-0.39, 0.29) is 0 Å². The molecule has 1 rings (SSSR count). The lowest BCUT2D eigenvalue weighted by molar-refractivity contribution is 0.681. The summed E-state index contributed by atoms with van der Waals surface area (Å²) < 4.78 is 0. The monoisotopic (exact) mass is 218 g/mol. The van der Waals surface area contributed by atoms with Gasteiger partial charge in [-0.25, -0.2) is 0 Å². The first-order valence-corrected chi connectivity index (χ1v) is 6.76. The van der Waals surface area contributed by atoms with Crippen LogP contribution in [0.15, 0.2) is 35.5 Å². The average Bonchev–Trinajstić information content (AvgIpc) is 2.65. The van der Waals surface area contributed by atoms with Crippen molar-refractivity contribution in [2.24, 2.45) is 0 Å². The van der Waals surface area contributed by atoms with Crippen LogP contribution in [0.1, 0.15) is 65.2 Å². The molecule has 0 saturated carbocycles. The third kappa shape index (κ3) is 4.83. The van der Waals surface area contributed by atoms with Crippen LogP contribution in [0.3, 0.4) is 0 Å². The van der Waals surface area contributed by atoms with Gasteiger partial charge in [-0.2, -0.15) is 0 Å². The molecule has 0 aliphatic heterocycles. The zero-order valence-electron chi connectivity index (χ0n) is 11.0. The molecule has 0 aromatic carbocycles. The lowest BCUT2D eigenvalue weighted by Gasteiger charge is -2.07. The van der Waals surface area contributed by atoms with Crippen LogP contribution in [0.4, 0.5) is 0 Å². The van der Waals surface area contributed by atoms with Crippen molar-refractivity contribution in [3.8, 4) is 0 Å². The molecule has 0 heteroatoms. The summed E-state index contributed by atoms with van der Waals surface area (Å²) in [5.74, 6) is 0. The van der Waals surface area contributed by atoms with E-state index >= 15 is 0 Å². The lowest BCUT2D eigenvalue weighted by atomic mass is 9.99. The van der Waals surface area contributed by atoms with Crippen molar-refractivity contribution in [1.29, 1.82) is 0 Å². The van der Waals surface area contributed by atoms with Crippen molar-refractivity contribution in [3.63, 3.8) is 0 Å². The van der Waals surface area contributed by atoms with Gasteiger partial charge >= 0.3 is 0 Å². The van der Waals surface area contributed by atoms with E-state index in [2.05, 4.69) is 32.6 Å². The third-order valence-corrected chi connectivity index (χ3v) is 3.43. The van der Waals surface area contributed by atoms with E-state index in [0.29, 0.717) is 0 Å². The Hall–Kier alpha value is -0.780. The first-order valence-electron chi connectivity index (χ1n) is 6.76. The maximum absolute atomic E-state index is 4.18. The summed E-state index contributed by atoms with van der Waals surface area (Å²) in [6.45, 7) is 8.66. The summed E-state index contributed by atoms with van der Waals surface area (Å²) in [4.78, 5) is 0. The van der Waals surface area contributed by atoms with Gasteiger partial charge in [-0.05, 0) is 45.4 Å². The number of allylic oxidation sites excluding steroid dienone is 5. The summed E-state index contributed by atoms with van der Waals surface area (Å²) in [7, 11) is 0. The van der Waals surface area contributed by atoms with Gasteiger partial charge in [-0.15, -0.1) is 0 Å². The van der Waals surface area contributed by atoms with Gasteiger partial charge < -0.3 is 0 Å². The van der Waals surface area contributed by atoms with Crippen molar-refractivity contribution in [2.45, 2.75) is 65.2 Å². The van der Waals surface area contributed by atoms with Gasteiger partial charge in [0.15, 0.2) is 0 Å². The topological polar surface area (TPSA) is 0 Å². The Morgan fingerprint density at radius 2 is 2.00 bits per heavy atom. The SMILES string of the molecule is C=C(CCCCC)CCCC1=C(C)C=CC1. The van der Waals surface area contributed by atoms with E-state index in [1.54, 1.807) is 5.57 Å². The van der Waals surface area contributed by atoms with Crippen LogP contribution in [0, 0.1) is 0 Å². The quantitative estimate of drug-likeness (QED) is 0.369. The van der Waals surface area contributed by atoms with Crippen molar-refractivity contribution in [1.82, 2.24) is 0 Å². The number of hydrogen-bond donors (Lipinski definition) is 0. The Kier molecular flexibility index (Phi) is 6.22. The Morgan fingerprint density at radius 1 is 1.25 bits per heavy atom. The van der Waals surface area contributed by atoms with Crippen LogP contribution in [0.5, 0.6) is 0 Å². The molecule has 0 aromatic rings.